The lowest BCUT2D eigenvalue weighted by Gasteiger charge is -2.26. The Morgan fingerprint density at radius 1 is 1.17 bits per heavy atom. The van der Waals surface area contributed by atoms with E-state index in [1.807, 2.05) is 18.2 Å². The van der Waals surface area contributed by atoms with Gasteiger partial charge in [0.1, 0.15) is 23.6 Å². The van der Waals surface area contributed by atoms with Crippen molar-refractivity contribution in [3.8, 4) is 11.3 Å². The third-order valence-electron chi connectivity index (χ3n) is 4.33. The summed E-state index contributed by atoms with van der Waals surface area (Å²) in [4.78, 5) is 36.8. The summed E-state index contributed by atoms with van der Waals surface area (Å²) in [5.41, 5.74) is 1.61. The van der Waals surface area contributed by atoms with Gasteiger partial charge in [0.05, 0.1) is 23.9 Å². The van der Waals surface area contributed by atoms with Crippen molar-refractivity contribution in [2.45, 2.75) is 26.8 Å². The van der Waals surface area contributed by atoms with Crippen LogP contribution in [0.2, 0.25) is 0 Å². The fourth-order valence-corrected chi connectivity index (χ4v) is 3.01. The quantitative estimate of drug-likeness (QED) is 0.715. The molecule has 1 aromatic carbocycles. The van der Waals surface area contributed by atoms with Crippen LogP contribution in [0.15, 0.2) is 46.1 Å². The van der Waals surface area contributed by atoms with Gasteiger partial charge in [0, 0.05) is 5.56 Å². The smallest absolute Gasteiger partial charge is 0.344 e. The van der Waals surface area contributed by atoms with Gasteiger partial charge in [0.25, 0.3) is 0 Å². The molecule has 1 atom stereocenters. The second-order valence-corrected chi connectivity index (χ2v) is 6.34. The van der Waals surface area contributed by atoms with Crippen LogP contribution in [0.25, 0.3) is 11.3 Å². The lowest BCUT2D eigenvalue weighted by molar-refractivity contribution is -0.139. The molecule has 1 aliphatic rings. The molecule has 3 rings (SSSR count). The van der Waals surface area contributed by atoms with Gasteiger partial charge in [0.15, 0.2) is 0 Å². The highest BCUT2D eigenvalue weighted by molar-refractivity contribution is 5.98. The minimum atomic E-state index is -0.682. The van der Waals surface area contributed by atoms with Crippen LogP contribution in [0.5, 0.6) is 0 Å². The first-order chi connectivity index (χ1) is 13.9. The molecule has 0 radical (unpaired) electrons. The van der Waals surface area contributed by atoms with E-state index in [9.17, 15) is 14.4 Å². The summed E-state index contributed by atoms with van der Waals surface area (Å²) in [5.74, 6) is -0.973. The molecule has 1 aromatic heterocycles. The highest BCUT2D eigenvalue weighted by Crippen LogP contribution is 2.26. The van der Waals surface area contributed by atoms with E-state index in [0.717, 1.165) is 0 Å². The molecule has 2 N–H and O–H groups in total. The number of hydrogen-bond donors (Lipinski definition) is 2. The number of aryl methyl sites for hydroxylation is 1. The van der Waals surface area contributed by atoms with Gasteiger partial charge in [-0.2, -0.15) is 0 Å². The van der Waals surface area contributed by atoms with Gasteiger partial charge in [-0.15, -0.1) is 0 Å². The summed E-state index contributed by atoms with van der Waals surface area (Å²) < 4.78 is 15.6. The number of benzene rings is 1. The first-order valence-electron chi connectivity index (χ1n) is 9.08. The molecular formula is C20H21N3O6. The van der Waals surface area contributed by atoms with Crippen molar-refractivity contribution in [3.63, 3.8) is 0 Å². The number of hydrogen-bond acceptors (Lipinski definition) is 7. The zero-order valence-corrected chi connectivity index (χ0v) is 16.3. The molecule has 0 spiro atoms. The Balaban J connectivity index is 1.84. The normalized spacial score (nSPS) is 16.1. The second-order valence-electron chi connectivity index (χ2n) is 6.34. The lowest BCUT2D eigenvalue weighted by Crippen LogP contribution is -2.50. The summed E-state index contributed by atoms with van der Waals surface area (Å²) in [5, 5.41) is 9.04. The van der Waals surface area contributed by atoms with Crippen molar-refractivity contribution in [2.24, 2.45) is 0 Å². The number of urea groups is 1. The molecule has 2 amide bonds. The standard InChI is InChI=1S/C20H21N3O6/c1-4-27-18(24)15-11(2)21-20(26)22-14(15)10-28-19(25)16-12(3)29-23-17(16)13-8-6-5-7-9-13/h5-9,11H,4,10H2,1-3H3,(H2,21,22,26). The van der Waals surface area contributed by atoms with Gasteiger partial charge >= 0.3 is 18.0 Å². The Morgan fingerprint density at radius 3 is 2.59 bits per heavy atom. The third kappa shape index (κ3) is 4.29. The average Bonchev–Trinajstić information content (AvgIpc) is 3.08. The fraction of sp³-hybridized carbons (Fsp3) is 0.300. The van der Waals surface area contributed by atoms with Crippen LogP contribution in [-0.2, 0) is 14.3 Å². The highest BCUT2D eigenvalue weighted by atomic mass is 16.5. The van der Waals surface area contributed by atoms with Crippen LogP contribution in [0, 0.1) is 6.92 Å². The highest BCUT2D eigenvalue weighted by Gasteiger charge is 2.31. The van der Waals surface area contributed by atoms with Crippen LogP contribution >= 0.6 is 0 Å². The molecule has 2 aromatic rings. The number of carbonyl (C=O) groups excluding carboxylic acids is 3. The maximum atomic E-state index is 12.7. The molecule has 1 aliphatic heterocycles. The minimum absolute atomic E-state index is 0.170. The van der Waals surface area contributed by atoms with Crippen molar-refractivity contribution in [1.82, 2.24) is 15.8 Å². The van der Waals surface area contributed by atoms with Crippen molar-refractivity contribution >= 4 is 18.0 Å². The Bertz CT molecular complexity index is 964. The van der Waals surface area contributed by atoms with E-state index in [1.165, 1.54) is 0 Å². The number of amides is 2. The molecule has 0 fully saturated rings. The van der Waals surface area contributed by atoms with Gasteiger partial charge in [-0.25, -0.2) is 14.4 Å². The number of esters is 2. The predicted molar refractivity (Wildman–Crippen MR) is 102 cm³/mol. The van der Waals surface area contributed by atoms with E-state index in [4.69, 9.17) is 14.0 Å². The topological polar surface area (TPSA) is 120 Å². The van der Waals surface area contributed by atoms with Gasteiger partial charge in [-0.1, -0.05) is 35.5 Å². The third-order valence-corrected chi connectivity index (χ3v) is 4.33. The summed E-state index contributed by atoms with van der Waals surface area (Å²) in [6.07, 6.45) is 0. The van der Waals surface area contributed by atoms with Gasteiger partial charge in [-0.05, 0) is 20.8 Å². The van der Waals surface area contributed by atoms with Gasteiger partial charge in [0.2, 0.25) is 0 Å². The number of nitrogens with zero attached hydrogens (tertiary/aromatic N) is 1. The van der Waals surface area contributed by atoms with Gasteiger partial charge < -0.3 is 24.6 Å². The van der Waals surface area contributed by atoms with E-state index in [2.05, 4.69) is 15.8 Å². The summed E-state index contributed by atoms with van der Waals surface area (Å²) >= 11 is 0. The number of nitrogens with one attached hydrogen (secondary N) is 2. The monoisotopic (exact) mass is 399 g/mol. The van der Waals surface area contributed by atoms with E-state index >= 15 is 0 Å². The van der Waals surface area contributed by atoms with Crippen LogP contribution < -0.4 is 10.6 Å². The molecule has 0 saturated heterocycles. The molecule has 9 nitrogen and oxygen atoms in total. The Kier molecular flexibility index (Phi) is 5.96. The molecule has 2 heterocycles. The fourth-order valence-electron chi connectivity index (χ4n) is 3.01. The van der Waals surface area contributed by atoms with E-state index in [0.29, 0.717) is 17.0 Å². The first kappa shape index (κ1) is 20.1. The molecule has 0 bridgehead atoms. The minimum Gasteiger partial charge on any atom is -0.463 e. The zero-order valence-electron chi connectivity index (χ0n) is 16.3. The zero-order chi connectivity index (χ0) is 21.0. The van der Waals surface area contributed by atoms with Crippen molar-refractivity contribution in [2.75, 3.05) is 13.2 Å². The van der Waals surface area contributed by atoms with Crippen molar-refractivity contribution < 1.29 is 28.4 Å². The molecule has 0 saturated carbocycles. The number of carbonyl (C=O) groups is 3. The van der Waals surface area contributed by atoms with E-state index in [1.54, 1.807) is 32.9 Å². The Morgan fingerprint density at radius 2 is 1.90 bits per heavy atom. The van der Waals surface area contributed by atoms with E-state index < -0.39 is 24.0 Å². The maximum Gasteiger partial charge on any atom is 0.344 e. The lowest BCUT2D eigenvalue weighted by atomic mass is 10.0. The van der Waals surface area contributed by atoms with Crippen LogP contribution in [0.3, 0.4) is 0 Å². The van der Waals surface area contributed by atoms with Gasteiger partial charge in [-0.3, -0.25) is 0 Å². The Labute approximate surface area is 167 Å². The number of ether oxygens (including phenoxy) is 2. The second kappa shape index (κ2) is 8.59. The van der Waals surface area contributed by atoms with Crippen LogP contribution in [-0.4, -0.2) is 42.4 Å². The van der Waals surface area contributed by atoms with Crippen molar-refractivity contribution in [3.05, 3.63) is 52.9 Å². The first-order valence-corrected chi connectivity index (χ1v) is 9.08. The molecule has 152 valence electrons. The Hall–Kier alpha value is -3.62. The molecule has 1 unspecified atom stereocenters. The van der Waals surface area contributed by atoms with Crippen molar-refractivity contribution in [1.29, 1.82) is 0 Å². The van der Waals surface area contributed by atoms with Crippen LogP contribution in [0.1, 0.15) is 30.0 Å². The molecule has 29 heavy (non-hydrogen) atoms. The molecule has 0 aliphatic carbocycles. The largest absolute Gasteiger partial charge is 0.463 e. The predicted octanol–water partition coefficient (Wildman–Crippen LogP) is 2.33. The summed E-state index contributed by atoms with van der Waals surface area (Å²) in [6, 6.07) is 7.98. The SMILES string of the molecule is CCOC(=O)C1=C(COC(=O)c2c(-c3ccccc3)noc2C)NC(=O)NC1C. The average molecular weight is 399 g/mol. The molecular weight excluding hydrogens is 378 g/mol. The molecule has 9 heteroatoms. The summed E-state index contributed by atoms with van der Waals surface area (Å²) in [7, 11) is 0. The maximum absolute atomic E-state index is 12.7. The number of aromatic nitrogens is 1. The van der Waals surface area contributed by atoms with Crippen LogP contribution in [0.4, 0.5) is 4.79 Å². The summed E-state index contributed by atoms with van der Waals surface area (Å²) in [6.45, 7) is 4.79. The van der Waals surface area contributed by atoms with E-state index in [-0.39, 0.29) is 30.0 Å². The number of rotatable bonds is 6.